The lowest BCUT2D eigenvalue weighted by Gasteiger charge is -2.22. The van der Waals surface area contributed by atoms with Gasteiger partial charge in [0.1, 0.15) is 34.5 Å². The minimum atomic E-state index is -2.44. The second-order valence-corrected chi connectivity index (χ2v) is 13.3. The Labute approximate surface area is 324 Å². The molecule has 14 heteroatoms. The molecule has 0 heterocycles. The first-order valence-corrected chi connectivity index (χ1v) is 18.9. The average Bonchev–Trinajstić information content (AvgIpc) is 3.24. The van der Waals surface area contributed by atoms with Gasteiger partial charge >= 0.3 is 17.2 Å². The molecular formula is C42H32O12P2. The van der Waals surface area contributed by atoms with Crippen molar-refractivity contribution in [3.8, 4) is 46.0 Å². The highest BCUT2D eigenvalue weighted by molar-refractivity contribution is 7.43. The van der Waals surface area contributed by atoms with E-state index in [0.717, 1.165) is 0 Å². The molecule has 6 rings (SSSR count). The summed E-state index contributed by atoms with van der Waals surface area (Å²) >= 11 is 0. The second-order valence-electron chi connectivity index (χ2n) is 11.3. The molecule has 0 N–H and O–H groups in total. The summed E-state index contributed by atoms with van der Waals surface area (Å²) in [4.78, 5) is 50.2. The second kappa shape index (κ2) is 19.0. The normalized spacial score (nSPS) is 11.1. The lowest BCUT2D eigenvalue weighted by molar-refractivity contribution is 0.103. The molecule has 0 saturated carbocycles. The summed E-state index contributed by atoms with van der Waals surface area (Å²) in [6, 6.07) is 37.3. The summed E-state index contributed by atoms with van der Waals surface area (Å²) in [6.07, 6.45) is 1.89. The maximum atomic E-state index is 14.6. The molecule has 6 aromatic rings. The van der Waals surface area contributed by atoms with Crippen LogP contribution in [-0.2, 0) is 0 Å². The lowest BCUT2D eigenvalue weighted by atomic mass is 10.0. The number of rotatable bonds is 19. The van der Waals surface area contributed by atoms with E-state index in [1.807, 2.05) is 0 Å². The fraction of sp³-hybridized carbons (Fsp3) is 0.0476. The molecule has 6 aromatic carbocycles. The van der Waals surface area contributed by atoms with Crippen LogP contribution >= 0.6 is 17.2 Å². The number of methoxy groups -OCH3 is 2. The molecule has 0 radical (unpaired) electrons. The molecule has 0 fully saturated rings. The van der Waals surface area contributed by atoms with Crippen molar-refractivity contribution in [1.82, 2.24) is 0 Å². The summed E-state index contributed by atoms with van der Waals surface area (Å²) in [7, 11) is -1.91. The van der Waals surface area contributed by atoms with Gasteiger partial charge in [-0.25, -0.2) is 0 Å². The molecule has 0 aliphatic heterocycles. The van der Waals surface area contributed by atoms with Gasteiger partial charge in [0.05, 0.1) is 42.0 Å². The highest BCUT2D eigenvalue weighted by Crippen LogP contribution is 2.48. The van der Waals surface area contributed by atoms with E-state index >= 15 is 0 Å². The van der Waals surface area contributed by atoms with Gasteiger partial charge in [-0.15, -0.1) is 0 Å². The third-order valence-corrected chi connectivity index (χ3v) is 9.88. The van der Waals surface area contributed by atoms with Gasteiger partial charge < -0.3 is 36.6 Å². The van der Waals surface area contributed by atoms with Crippen molar-refractivity contribution >= 4 is 41.8 Å². The van der Waals surface area contributed by atoms with Gasteiger partial charge in [0.15, 0.2) is 30.4 Å². The molecule has 56 heavy (non-hydrogen) atoms. The van der Waals surface area contributed by atoms with Crippen LogP contribution in [0.15, 0.2) is 140 Å². The van der Waals surface area contributed by atoms with Gasteiger partial charge in [-0.2, -0.15) is 0 Å². The monoisotopic (exact) mass is 790 g/mol. The molecule has 0 aliphatic rings. The van der Waals surface area contributed by atoms with E-state index in [-0.39, 0.29) is 62.3 Å². The van der Waals surface area contributed by atoms with E-state index in [2.05, 4.69) is 0 Å². The van der Waals surface area contributed by atoms with E-state index < -0.39 is 23.0 Å². The van der Waals surface area contributed by atoms with Crippen molar-refractivity contribution in [1.29, 1.82) is 0 Å². The predicted octanol–water partition coefficient (Wildman–Crippen LogP) is 9.90. The van der Waals surface area contributed by atoms with Crippen LogP contribution in [0.25, 0.3) is 0 Å². The number of benzene rings is 6. The third kappa shape index (κ3) is 9.49. The highest BCUT2D eigenvalue weighted by atomic mass is 31.2. The Morgan fingerprint density at radius 3 is 1.27 bits per heavy atom. The first kappa shape index (κ1) is 39.0. The Balaban J connectivity index is 1.37. The summed E-state index contributed by atoms with van der Waals surface area (Å²) in [5.41, 5.74) is 0.841. The van der Waals surface area contributed by atoms with Crippen LogP contribution < -0.4 is 36.6 Å². The lowest BCUT2D eigenvalue weighted by Crippen LogP contribution is -2.10. The molecule has 1 atom stereocenters. The smallest absolute Gasteiger partial charge is 0.497 e. The number of hydrogen-bond donors (Lipinski definition) is 0. The zero-order valence-electron chi connectivity index (χ0n) is 29.8. The van der Waals surface area contributed by atoms with Gasteiger partial charge in [0.2, 0.25) is 5.78 Å². The Hall–Kier alpha value is -6.74. The van der Waals surface area contributed by atoms with E-state index in [9.17, 15) is 19.2 Å². The standard InChI is InChI=1S/C42H32O12P2/c1-47-32-23-24-34(41(25-32)54-56(51-37-19-9-5-15-31(37)28-45)53-40-22-12-11-21-39(40)48-2)42(46)33-16-6-10-20-38(33)52-55(49-35-17-7-3-13-29(35)26-43)50-36-18-8-4-14-30(36)27-44/h3-28H,1-2H3. The van der Waals surface area contributed by atoms with Crippen molar-refractivity contribution in [3.63, 3.8) is 0 Å². The Kier molecular flexibility index (Phi) is 13.2. The number of hydrogen-bond acceptors (Lipinski definition) is 12. The number of aldehydes is 3. The quantitative estimate of drug-likeness (QED) is 0.0438. The van der Waals surface area contributed by atoms with Crippen LogP contribution in [-0.4, -0.2) is 38.9 Å². The molecule has 0 saturated heterocycles. The van der Waals surface area contributed by atoms with Crippen molar-refractivity contribution in [2.75, 3.05) is 14.2 Å². The zero-order chi connectivity index (χ0) is 39.3. The fourth-order valence-corrected chi connectivity index (χ4v) is 7.19. The van der Waals surface area contributed by atoms with Gasteiger partial charge in [0, 0.05) is 6.07 Å². The topological polar surface area (TPSA) is 142 Å². The van der Waals surface area contributed by atoms with E-state index in [1.54, 1.807) is 127 Å². The summed E-state index contributed by atoms with van der Waals surface area (Å²) in [6.45, 7) is 0. The molecule has 0 aromatic heterocycles. The summed E-state index contributed by atoms with van der Waals surface area (Å²) in [5.74, 6) is 1.04. The number of ketones is 1. The van der Waals surface area contributed by atoms with Crippen LogP contribution in [0.5, 0.6) is 46.0 Å². The number of para-hydroxylation sites is 6. The first-order chi connectivity index (χ1) is 27.4. The van der Waals surface area contributed by atoms with Crippen LogP contribution in [0.2, 0.25) is 0 Å². The molecule has 1 unspecified atom stereocenters. The minimum absolute atomic E-state index is 0.0170. The summed E-state index contributed by atoms with van der Waals surface area (Å²) in [5, 5.41) is 0. The van der Waals surface area contributed by atoms with Crippen LogP contribution in [0.4, 0.5) is 0 Å². The zero-order valence-corrected chi connectivity index (χ0v) is 31.6. The Morgan fingerprint density at radius 2 is 0.786 bits per heavy atom. The van der Waals surface area contributed by atoms with Crippen LogP contribution in [0, 0.1) is 0 Å². The predicted molar refractivity (Wildman–Crippen MR) is 209 cm³/mol. The number of carbonyl (C=O) groups is 4. The fourth-order valence-electron chi connectivity index (χ4n) is 5.04. The SMILES string of the molecule is COc1ccc(C(=O)c2ccccc2OP(Oc2ccccc2C=O)Oc2ccccc2C=O)c(OP(Oc2ccccc2C=O)Oc2ccccc2OC)c1. The van der Waals surface area contributed by atoms with E-state index in [0.29, 0.717) is 30.4 Å². The maximum absolute atomic E-state index is 14.6. The number of carbonyl (C=O) groups excluding carboxylic acids is 4. The molecule has 0 spiro atoms. The van der Waals surface area contributed by atoms with Gasteiger partial charge in [-0.3, -0.25) is 19.2 Å². The van der Waals surface area contributed by atoms with E-state index in [4.69, 9.17) is 36.6 Å². The Bertz CT molecular complexity index is 2280. The molecule has 12 nitrogen and oxygen atoms in total. The first-order valence-electron chi connectivity index (χ1n) is 16.7. The van der Waals surface area contributed by atoms with Crippen molar-refractivity contribution in [2.45, 2.75) is 0 Å². The molecule has 0 aliphatic carbocycles. The molecular weight excluding hydrogens is 758 g/mol. The van der Waals surface area contributed by atoms with Crippen LogP contribution in [0.3, 0.4) is 0 Å². The van der Waals surface area contributed by atoms with Gasteiger partial charge in [-0.1, -0.05) is 60.7 Å². The highest BCUT2D eigenvalue weighted by Gasteiger charge is 2.29. The largest absolute Gasteiger partial charge is 0.530 e. The molecule has 282 valence electrons. The van der Waals surface area contributed by atoms with Crippen molar-refractivity contribution in [2.24, 2.45) is 0 Å². The Morgan fingerprint density at radius 1 is 0.411 bits per heavy atom. The van der Waals surface area contributed by atoms with Gasteiger partial charge in [0.25, 0.3) is 0 Å². The minimum Gasteiger partial charge on any atom is -0.497 e. The van der Waals surface area contributed by atoms with Crippen molar-refractivity contribution < 1.29 is 55.8 Å². The third-order valence-electron chi connectivity index (χ3n) is 7.81. The van der Waals surface area contributed by atoms with Gasteiger partial charge in [-0.05, 0) is 72.8 Å². The number of ether oxygens (including phenoxy) is 2. The summed E-state index contributed by atoms with van der Waals surface area (Å²) < 4.78 is 48.2. The average molecular weight is 791 g/mol. The van der Waals surface area contributed by atoms with Crippen LogP contribution in [0.1, 0.15) is 47.0 Å². The molecule has 0 bridgehead atoms. The molecule has 0 amide bonds. The van der Waals surface area contributed by atoms with E-state index in [1.165, 1.54) is 26.4 Å². The maximum Gasteiger partial charge on any atom is 0.530 e. The van der Waals surface area contributed by atoms with Crippen molar-refractivity contribution in [3.05, 3.63) is 167 Å².